The molecule has 0 bridgehead atoms. The van der Waals surface area contributed by atoms with Gasteiger partial charge in [0.1, 0.15) is 5.75 Å². The lowest BCUT2D eigenvalue weighted by atomic mass is 9.95. The van der Waals surface area contributed by atoms with E-state index in [0.29, 0.717) is 5.92 Å². The summed E-state index contributed by atoms with van der Waals surface area (Å²) in [5.74, 6) is 1.52. The Morgan fingerprint density at radius 2 is 1.76 bits per heavy atom. The molecule has 0 amide bonds. The zero-order chi connectivity index (χ0) is 13.0. The minimum atomic E-state index is -0.359. The fourth-order valence-corrected chi connectivity index (χ4v) is 2.04. The van der Waals surface area contributed by atoms with E-state index in [1.54, 1.807) is 7.11 Å². The SMILES string of the molecule is COc1cc(C)c(C(O)CCC(C)C)cc1C. The van der Waals surface area contributed by atoms with E-state index in [4.69, 9.17) is 4.74 Å². The minimum Gasteiger partial charge on any atom is -0.496 e. The second-order valence-corrected chi connectivity index (χ2v) is 5.17. The summed E-state index contributed by atoms with van der Waals surface area (Å²) in [6.07, 6.45) is 1.51. The van der Waals surface area contributed by atoms with E-state index in [0.717, 1.165) is 35.3 Å². The van der Waals surface area contributed by atoms with Gasteiger partial charge in [-0.05, 0) is 61.4 Å². The third-order valence-electron chi connectivity index (χ3n) is 3.16. The number of aryl methyl sites for hydroxylation is 2. The van der Waals surface area contributed by atoms with Crippen LogP contribution in [0.25, 0.3) is 0 Å². The first-order valence-corrected chi connectivity index (χ1v) is 6.29. The van der Waals surface area contributed by atoms with Crippen LogP contribution in [0.3, 0.4) is 0 Å². The van der Waals surface area contributed by atoms with Gasteiger partial charge in [0.2, 0.25) is 0 Å². The van der Waals surface area contributed by atoms with Gasteiger partial charge in [-0.25, -0.2) is 0 Å². The molecule has 1 aromatic carbocycles. The quantitative estimate of drug-likeness (QED) is 0.843. The summed E-state index contributed by atoms with van der Waals surface area (Å²) in [6, 6.07) is 4.04. The van der Waals surface area contributed by atoms with Crippen molar-refractivity contribution < 1.29 is 9.84 Å². The van der Waals surface area contributed by atoms with Gasteiger partial charge in [0.25, 0.3) is 0 Å². The Bertz CT molecular complexity index is 369. The van der Waals surface area contributed by atoms with Crippen LogP contribution in [0.15, 0.2) is 12.1 Å². The molecule has 0 aromatic heterocycles. The van der Waals surface area contributed by atoms with E-state index >= 15 is 0 Å². The van der Waals surface area contributed by atoms with Crippen LogP contribution >= 0.6 is 0 Å². The zero-order valence-electron chi connectivity index (χ0n) is 11.6. The first-order valence-electron chi connectivity index (χ1n) is 6.29. The predicted octanol–water partition coefficient (Wildman–Crippen LogP) is 3.78. The topological polar surface area (TPSA) is 29.5 Å². The van der Waals surface area contributed by atoms with Crippen LogP contribution in [0.1, 0.15) is 49.5 Å². The van der Waals surface area contributed by atoms with Crippen molar-refractivity contribution >= 4 is 0 Å². The van der Waals surface area contributed by atoms with Crippen LogP contribution in [0.5, 0.6) is 5.75 Å². The van der Waals surface area contributed by atoms with Gasteiger partial charge in [0.15, 0.2) is 0 Å². The Morgan fingerprint density at radius 1 is 1.12 bits per heavy atom. The molecule has 0 saturated carbocycles. The van der Waals surface area contributed by atoms with Gasteiger partial charge in [-0.15, -0.1) is 0 Å². The molecular formula is C15H24O2. The molecule has 2 heteroatoms. The maximum absolute atomic E-state index is 10.2. The number of hydrogen-bond donors (Lipinski definition) is 1. The van der Waals surface area contributed by atoms with Crippen molar-refractivity contribution in [1.29, 1.82) is 0 Å². The van der Waals surface area contributed by atoms with Crippen LogP contribution in [0, 0.1) is 19.8 Å². The first-order chi connectivity index (χ1) is 7.95. The predicted molar refractivity (Wildman–Crippen MR) is 71.5 cm³/mol. The van der Waals surface area contributed by atoms with E-state index < -0.39 is 0 Å². The number of rotatable bonds is 5. The molecule has 0 heterocycles. The van der Waals surface area contributed by atoms with Crippen LogP contribution in [0.2, 0.25) is 0 Å². The van der Waals surface area contributed by atoms with Gasteiger partial charge in [0, 0.05) is 0 Å². The Balaban J connectivity index is 2.86. The molecule has 2 nitrogen and oxygen atoms in total. The lowest BCUT2D eigenvalue weighted by molar-refractivity contribution is 0.158. The number of hydrogen-bond acceptors (Lipinski definition) is 2. The molecule has 1 N–H and O–H groups in total. The highest BCUT2D eigenvalue weighted by atomic mass is 16.5. The summed E-state index contributed by atoms with van der Waals surface area (Å²) in [4.78, 5) is 0. The van der Waals surface area contributed by atoms with E-state index in [9.17, 15) is 5.11 Å². The Hall–Kier alpha value is -1.02. The largest absolute Gasteiger partial charge is 0.496 e. The summed E-state index contributed by atoms with van der Waals surface area (Å²) >= 11 is 0. The van der Waals surface area contributed by atoms with E-state index in [1.165, 1.54) is 0 Å². The molecule has 0 saturated heterocycles. The van der Waals surface area contributed by atoms with E-state index in [1.807, 2.05) is 26.0 Å². The molecule has 0 aliphatic heterocycles. The number of aliphatic hydroxyl groups is 1. The number of ether oxygens (including phenoxy) is 1. The molecule has 0 spiro atoms. The van der Waals surface area contributed by atoms with Crippen molar-refractivity contribution in [2.75, 3.05) is 7.11 Å². The van der Waals surface area contributed by atoms with Crippen LogP contribution in [0.4, 0.5) is 0 Å². The molecule has 1 atom stereocenters. The van der Waals surface area contributed by atoms with Gasteiger partial charge >= 0.3 is 0 Å². The van der Waals surface area contributed by atoms with Gasteiger partial charge in [-0.3, -0.25) is 0 Å². The fraction of sp³-hybridized carbons (Fsp3) is 0.600. The summed E-state index contributed by atoms with van der Waals surface area (Å²) in [5, 5.41) is 10.2. The maximum atomic E-state index is 10.2. The zero-order valence-corrected chi connectivity index (χ0v) is 11.6. The highest BCUT2D eigenvalue weighted by Gasteiger charge is 2.13. The Kier molecular flexibility index (Phi) is 5.01. The van der Waals surface area contributed by atoms with Crippen molar-refractivity contribution in [2.45, 2.75) is 46.6 Å². The maximum Gasteiger partial charge on any atom is 0.122 e. The number of aliphatic hydroxyl groups excluding tert-OH is 1. The van der Waals surface area contributed by atoms with Crippen molar-refractivity contribution in [3.8, 4) is 5.75 Å². The molecule has 17 heavy (non-hydrogen) atoms. The third kappa shape index (κ3) is 3.74. The minimum absolute atomic E-state index is 0.359. The average Bonchev–Trinajstić information content (AvgIpc) is 2.28. The van der Waals surface area contributed by atoms with Gasteiger partial charge in [-0.2, -0.15) is 0 Å². The average molecular weight is 236 g/mol. The first kappa shape index (κ1) is 14.0. The van der Waals surface area contributed by atoms with Gasteiger partial charge in [-0.1, -0.05) is 13.8 Å². The normalized spacial score (nSPS) is 12.9. The van der Waals surface area contributed by atoms with Crippen LogP contribution < -0.4 is 4.74 Å². The molecular weight excluding hydrogens is 212 g/mol. The van der Waals surface area contributed by atoms with Crippen molar-refractivity contribution in [1.82, 2.24) is 0 Å². The van der Waals surface area contributed by atoms with Crippen LogP contribution in [-0.2, 0) is 0 Å². The number of methoxy groups -OCH3 is 1. The standard InChI is InChI=1S/C15H24O2/c1-10(2)6-7-14(16)13-8-12(4)15(17-5)9-11(13)3/h8-10,14,16H,6-7H2,1-5H3. The van der Waals surface area contributed by atoms with E-state index in [-0.39, 0.29) is 6.10 Å². The molecule has 1 aromatic rings. The second kappa shape index (κ2) is 6.06. The third-order valence-corrected chi connectivity index (χ3v) is 3.16. The molecule has 0 aliphatic carbocycles. The molecule has 0 fully saturated rings. The lowest BCUT2D eigenvalue weighted by Crippen LogP contribution is -2.03. The summed E-state index contributed by atoms with van der Waals surface area (Å²) in [6.45, 7) is 8.39. The summed E-state index contributed by atoms with van der Waals surface area (Å²) in [7, 11) is 1.68. The highest BCUT2D eigenvalue weighted by Crippen LogP contribution is 2.29. The smallest absolute Gasteiger partial charge is 0.122 e. The van der Waals surface area contributed by atoms with Crippen molar-refractivity contribution in [2.24, 2.45) is 5.92 Å². The Morgan fingerprint density at radius 3 is 2.29 bits per heavy atom. The monoisotopic (exact) mass is 236 g/mol. The second-order valence-electron chi connectivity index (χ2n) is 5.17. The molecule has 96 valence electrons. The van der Waals surface area contributed by atoms with Crippen LogP contribution in [-0.4, -0.2) is 12.2 Å². The Labute approximate surface area is 105 Å². The summed E-state index contributed by atoms with van der Waals surface area (Å²) in [5.41, 5.74) is 3.21. The fourth-order valence-electron chi connectivity index (χ4n) is 2.04. The molecule has 1 rings (SSSR count). The molecule has 1 unspecified atom stereocenters. The number of benzene rings is 1. The summed E-state index contributed by atoms with van der Waals surface area (Å²) < 4.78 is 5.28. The lowest BCUT2D eigenvalue weighted by Gasteiger charge is -2.17. The molecule has 0 radical (unpaired) electrons. The van der Waals surface area contributed by atoms with E-state index in [2.05, 4.69) is 13.8 Å². The molecule has 0 aliphatic rings. The van der Waals surface area contributed by atoms with Crippen molar-refractivity contribution in [3.63, 3.8) is 0 Å². The van der Waals surface area contributed by atoms with Gasteiger partial charge < -0.3 is 9.84 Å². The van der Waals surface area contributed by atoms with Crippen molar-refractivity contribution in [3.05, 3.63) is 28.8 Å². The van der Waals surface area contributed by atoms with Gasteiger partial charge in [0.05, 0.1) is 13.2 Å². The highest BCUT2D eigenvalue weighted by molar-refractivity contribution is 5.42.